The maximum absolute atomic E-state index is 6.22. The molecule has 1 atom stereocenters. The van der Waals surface area contributed by atoms with Gasteiger partial charge in [-0.05, 0) is 47.2 Å². The third-order valence-electron chi connectivity index (χ3n) is 3.76. The molecule has 1 aromatic rings. The molecule has 96 valence electrons. The lowest BCUT2D eigenvalue weighted by molar-refractivity contribution is 0.323. The highest BCUT2D eigenvalue weighted by atomic mass is 79.9. The molecule has 17 heavy (non-hydrogen) atoms. The van der Waals surface area contributed by atoms with E-state index in [9.17, 15) is 0 Å². The molecule has 3 heteroatoms. The summed E-state index contributed by atoms with van der Waals surface area (Å²) in [6.45, 7) is 0. The molecule has 1 unspecified atom stereocenters. The van der Waals surface area contributed by atoms with Crippen molar-refractivity contribution >= 4 is 27.3 Å². The van der Waals surface area contributed by atoms with Gasteiger partial charge in [-0.3, -0.25) is 0 Å². The molecule has 2 rings (SSSR count). The quantitative estimate of drug-likeness (QED) is 0.834. The van der Waals surface area contributed by atoms with Gasteiger partial charge in [0.25, 0.3) is 0 Å². The standard InChI is InChI=1S/C14H22BrNS/c15-12-8-14(17-10-12)9-13(16)7-6-11-4-2-1-3-5-11/h8,10-11,13H,1-7,9,16H2. The van der Waals surface area contributed by atoms with E-state index in [0.29, 0.717) is 6.04 Å². The Hall–Kier alpha value is 0.140. The maximum Gasteiger partial charge on any atom is 0.0285 e. The van der Waals surface area contributed by atoms with Crippen molar-refractivity contribution in [3.8, 4) is 0 Å². The Morgan fingerprint density at radius 1 is 1.35 bits per heavy atom. The number of hydrogen-bond donors (Lipinski definition) is 1. The van der Waals surface area contributed by atoms with Crippen LogP contribution >= 0.6 is 27.3 Å². The second kappa shape index (κ2) is 6.91. The topological polar surface area (TPSA) is 26.0 Å². The van der Waals surface area contributed by atoms with Gasteiger partial charge in [0.15, 0.2) is 0 Å². The zero-order valence-electron chi connectivity index (χ0n) is 10.3. The van der Waals surface area contributed by atoms with Crippen LogP contribution in [0.2, 0.25) is 0 Å². The monoisotopic (exact) mass is 315 g/mol. The van der Waals surface area contributed by atoms with Crippen molar-refractivity contribution in [3.05, 3.63) is 20.8 Å². The fourth-order valence-electron chi connectivity index (χ4n) is 2.75. The van der Waals surface area contributed by atoms with E-state index in [0.717, 1.165) is 12.3 Å². The molecular weight excluding hydrogens is 294 g/mol. The molecule has 0 spiro atoms. The molecular formula is C14H22BrNS. The number of rotatable bonds is 5. The first-order chi connectivity index (χ1) is 8.24. The van der Waals surface area contributed by atoms with E-state index in [-0.39, 0.29) is 0 Å². The molecule has 1 aromatic heterocycles. The average Bonchev–Trinajstić information content (AvgIpc) is 2.73. The lowest BCUT2D eigenvalue weighted by Gasteiger charge is -2.22. The van der Waals surface area contributed by atoms with Gasteiger partial charge in [-0.15, -0.1) is 11.3 Å². The molecule has 0 radical (unpaired) electrons. The van der Waals surface area contributed by atoms with E-state index in [4.69, 9.17) is 5.73 Å². The van der Waals surface area contributed by atoms with Gasteiger partial charge in [0.1, 0.15) is 0 Å². The van der Waals surface area contributed by atoms with Crippen LogP contribution < -0.4 is 5.73 Å². The average molecular weight is 316 g/mol. The highest BCUT2D eigenvalue weighted by Crippen LogP contribution is 2.28. The summed E-state index contributed by atoms with van der Waals surface area (Å²) in [5.74, 6) is 0.963. The van der Waals surface area contributed by atoms with Crippen LogP contribution in [0.15, 0.2) is 15.9 Å². The molecule has 0 aliphatic heterocycles. The second-order valence-corrected chi connectivity index (χ2v) is 7.19. The van der Waals surface area contributed by atoms with E-state index < -0.39 is 0 Å². The van der Waals surface area contributed by atoms with Crippen molar-refractivity contribution in [3.63, 3.8) is 0 Å². The minimum atomic E-state index is 0.350. The first-order valence-electron chi connectivity index (χ1n) is 6.72. The summed E-state index contributed by atoms with van der Waals surface area (Å²) >= 11 is 5.31. The van der Waals surface area contributed by atoms with E-state index in [1.54, 1.807) is 0 Å². The Kier molecular flexibility index (Phi) is 5.51. The van der Waals surface area contributed by atoms with Crippen LogP contribution in [0.25, 0.3) is 0 Å². The van der Waals surface area contributed by atoms with E-state index in [2.05, 4.69) is 27.4 Å². The van der Waals surface area contributed by atoms with Crippen LogP contribution in [0, 0.1) is 5.92 Å². The zero-order valence-corrected chi connectivity index (χ0v) is 12.7. The predicted molar refractivity (Wildman–Crippen MR) is 79.5 cm³/mol. The maximum atomic E-state index is 6.22. The lowest BCUT2D eigenvalue weighted by atomic mass is 9.85. The summed E-state index contributed by atoms with van der Waals surface area (Å²) in [5, 5.41) is 2.14. The molecule has 0 amide bonds. The Morgan fingerprint density at radius 3 is 2.76 bits per heavy atom. The fourth-order valence-corrected chi connectivity index (χ4v) is 4.29. The van der Waals surface area contributed by atoms with Gasteiger partial charge in [0.2, 0.25) is 0 Å². The summed E-state index contributed by atoms with van der Waals surface area (Å²) in [6, 6.07) is 2.55. The van der Waals surface area contributed by atoms with Crippen LogP contribution in [0.5, 0.6) is 0 Å². The smallest absolute Gasteiger partial charge is 0.0285 e. The van der Waals surface area contributed by atoms with Crippen molar-refractivity contribution in [1.82, 2.24) is 0 Å². The van der Waals surface area contributed by atoms with Crippen LogP contribution in [-0.4, -0.2) is 6.04 Å². The normalized spacial score (nSPS) is 19.4. The van der Waals surface area contributed by atoms with Gasteiger partial charge in [-0.1, -0.05) is 32.1 Å². The fraction of sp³-hybridized carbons (Fsp3) is 0.714. The number of hydrogen-bond acceptors (Lipinski definition) is 2. The molecule has 1 aliphatic carbocycles. The first kappa shape index (κ1) is 13.6. The molecule has 0 bridgehead atoms. The largest absolute Gasteiger partial charge is 0.327 e. The third kappa shape index (κ3) is 4.72. The van der Waals surface area contributed by atoms with Gasteiger partial charge in [-0.2, -0.15) is 0 Å². The Labute approximate surface area is 117 Å². The minimum absolute atomic E-state index is 0.350. The highest BCUT2D eigenvalue weighted by molar-refractivity contribution is 9.10. The molecule has 1 fully saturated rings. The van der Waals surface area contributed by atoms with Crippen LogP contribution in [-0.2, 0) is 6.42 Å². The zero-order chi connectivity index (χ0) is 12.1. The van der Waals surface area contributed by atoms with Crippen molar-refractivity contribution in [1.29, 1.82) is 0 Å². The van der Waals surface area contributed by atoms with E-state index >= 15 is 0 Å². The SMILES string of the molecule is NC(CCC1CCCCC1)Cc1cc(Br)cs1. The second-order valence-electron chi connectivity index (χ2n) is 5.28. The highest BCUT2D eigenvalue weighted by Gasteiger charge is 2.15. The Morgan fingerprint density at radius 2 is 2.12 bits per heavy atom. The van der Waals surface area contributed by atoms with Crippen LogP contribution in [0.3, 0.4) is 0 Å². The van der Waals surface area contributed by atoms with Crippen molar-refractivity contribution < 1.29 is 0 Å². The van der Waals surface area contributed by atoms with E-state index in [1.165, 1.54) is 54.3 Å². The van der Waals surface area contributed by atoms with Crippen molar-refractivity contribution in [2.45, 2.75) is 57.4 Å². The summed E-state index contributed by atoms with van der Waals surface area (Å²) in [6.07, 6.45) is 10.8. The van der Waals surface area contributed by atoms with Gasteiger partial charge in [0, 0.05) is 20.8 Å². The Balaban J connectivity index is 1.68. The number of nitrogens with two attached hydrogens (primary N) is 1. The van der Waals surface area contributed by atoms with Gasteiger partial charge >= 0.3 is 0 Å². The number of thiophene rings is 1. The minimum Gasteiger partial charge on any atom is -0.327 e. The van der Waals surface area contributed by atoms with Gasteiger partial charge in [0.05, 0.1) is 0 Å². The molecule has 1 heterocycles. The molecule has 1 saturated carbocycles. The summed E-state index contributed by atoms with van der Waals surface area (Å²) in [4.78, 5) is 1.41. The molecule has 0 aromatic carbocycles. The van der Waals surface area contributed by atoms with E-state index in [1.807, 2.05) is 11.3 Å². The third-order valence-corrected chi connectivity index (χ3v) is 5.48. The molecule has 0 saturated heterocycles. The van der Waals surface area contributed by atoms with Crippen LogP contribution in [0.4, 0.5) is 0 Å². The van der Waals surface area contributed by atoms with Gasteiger partial charge < -0.3 is 5.73 Å². The molecule has 1 aliphatic rings. The lowest BCUT2D eigenvalue weighted by Crippen LogP contribution is -2.23. The summed E-state index contributed by atoms with van der Waals surface area (Å²) in [7, 11) is 0. The molecule has 2 N–H and O–H groups in total. The first-order valence-corrected chi connectivity index (χ1v) is 8.40. The van der Waals surface area contributed by atoms with Crippen molar-refractivity contribution in [2.24, 2.45) is 11.7 Å². The van der Waals surface area contributed by atoms with Crippen LogP contribution in [0.1, 0.15) is 49.8 Å². The summed E-state index contributed by atoms with van der Waals surface area (Å²) < 4.78 is 1.19. The summed E-state index contributed by atoms with van der Waals surface area (Å²) in [5.41, 5.74) is 6.22. The van der Waals surface area contributed by atoms with Crippen molar-refractivity contribution in [2.75, 3.05) is 0 Å². The Bertz CT molecular complexity index is 331. The molecule has 1 nitrogen and oxygen atoms in total. The van der Waals surface area contributed by atoms with Gasteiger partial charge in [-0.25, -0.2) is 0 Å². The number of halogens is 1. The predicted octanol–water partition coefficient (Wildman–Crippen LogP) is 4.74.